The normalized spacial score (nSPS) is 14.8. The molecule has 32 heavy (non-hydrogen) atoms. The lowest BCUT2D eigenvalue weighted by molar-refractivity contribution is -0.122. The fourth-order valence-corrected chi connectivity index (χ4v) is 4.50. The summed E-state index contributed by atoms with van der Waals surface area (Å²) in [4.78, 5) is 26.9. The quantitative estimate of drug-likeness (QED) is 0.277. The molecule has 1 saturated heterocycles. The molecule has 0 saturated carbocycles. The van der Waals surface area contributed by atoms with Gasteiger partial charge in [-0.25, -0.2) is 0 Å². The monoisotopic (exact) mass is 534 g/mol. The number of methoxy groups -OCH3 is 1. The van der Waals surface area contributed by atoms with Crippen molar-refractivity contribution in [2.24, 2.45) is 0 Å². The molecule has 0 atom stereocenters. The molecule has 1 heterocycles. The minimum absolute atomic E-state index is 0.0868. The molecule has 0 aromatic heterocycles. The Hall–Kier alpha value is -2.20. The maximum atomic E-state index is 12.6. The molecule has 1 N–H and O–H groups in total. The molecule has 0 spiro atoms. The first kappa shape index (κ1) is 24.4. The largest absolute Gasteiger partial charge is 0.484 e. The summed E-state index contributed by atoms with van der Waals surface area (Å²) < 4.78 is 12.2. The molecule has 2 aromatic rings. The number of hydrogen-bond acceptors (Lipinski definition) is 6. The molecular formula is C23H23BrN2O4S2. The number of nitrogens with zero attached hydrogens (tertiary/aromatic N) is 1. The fourth-order valence-electron chi connectivity index (χ4n) is 2.94. The van der Waals surface area contributed by atoms with Crippen molar-refractivity contribution >= 4 is 67.8 Å². The third-order valence-electron chi connectivity index (χ3n) is 4.59. The van der Waals surface area contributed by atoms with Gasteiger partial charge in [0, 0.05) is 30.4 Å². The van der Waals surface area contributed by atoms with E-state index in [0.717, 1.165) is 22.0 Å². The number of halogens is 1. The Morgan fingerprint density at radius 3 is 2.69 bits per heavy atom. The molecule has 2 aromatic carbocycles. The van der Waals surface area contributed by atoms with E-state index in [0.29, 0.717) is 33.8 Å². The molecule has 0 unspecified atom stereocenters. The third-order valence-corrected chi connectivity index (χ3v) is 6.86. The molecule has 0 radical (unpaired) electrons. The Bertz CT molecular complexity index is 1040. The van der Waals surface area contributed by atoms with Crippen LogP contribution in [0.1, 0.15) is 17.5 Å². The van der Waals surface area contributed by atoms with Crippen molar-refractivity contribution in [2.75, 3.05) is 32.2 Å². The number of anilines is 1. The zero-order chi connectivity index (χ0) is 23.1. The zero-order valence-electron chi connectivity index (χ0n) is 17.7. The number of ether oxygens (including phenoxy) is 2. The van der Waals surface area contributed by atoms with Gasteiger partial charge in [0.1, 0.15) is 10.1 Å². The predicted molar refractivity (Wildman–Crippen MR) is 136 cm³/mol. The van der Waals surface area contributed by atoms with Gasteiger partial charge in [-0.3, -0.25) is 14.5 Å². The van der Waals surface area contributed by atoms with Gasteiger partial charge in [-0.15, -0.1) is 0 Å². The molecule has 1 fully saturated rings. The number of carbonyl (C=O) groups is 2. The van der Waals surface area contributed by atoms with Crippen molar-refractivity contribution in [1.82, 2.24) is 4.90 Å². The van der Waals surface area contributed by atoms with Crippen molar-refractivity contribution in [2.45, 2.75) is 13.3 Å². The van der Waals surface area contributed by atoms with Gasteiger partial charge in [0.15, 0.2) is 6.61 Å². The predicted octanol–water partition coefficient (Wildman–Crippen LogP) is 5.01. The minimum Gasteiger partial charge on any atom is -0.484 e. The zero-order valence-corrected chi connectivity index (χ0v) is 20.9. The van der Waals surface area contributed by atoms with Gasteiger partial charge in [-0.1, -0.05) is 52.0 Å². The highest BCUT2D eigenvalue weighted by Crippen LogP contribution is 2.32. The molecule has 3 rings (SSSR count). The minimum atomic E-state index is -0.243. The summed E-state index contributed by atoms with van der Waals surface area (Å²) in [5.74, 6) is 0.237. The van der Waals surface area contributed by atoms with Crippen molar-refractivity contribution in [3.05, 3.63) is 63.0 Å². The Morgan fingerprint density at radius 1 is 1.25 bits per heavy atom. The lowest BCUT2D eigenvalue weighted by Gasteiger charge is -2.13. The Balaban J connectivity index is 1.53. The van der Waals surface area contributed by atoms with Crippen LogP contribution in [0.4, 0.5) is 5.69 Å². The number of rotatable bonds is 9. The van der Waals surface area contributed by atoms with Crippen LogP contribution in [0.5, 0.6) is 5.75 Å². The molecule has 1 aliphatic rings. The van der Waals surface area contributed by atoms with Crippen LogP contribution in [-0.4, -0.2) is 47.9 Å². The van der Waals surface area contributed by atoms with Gasteiger partial charge < -0.3 is 14.8 Å². The summed E-state index contributed by atoms with van der Waals surface area (Å²) in [6.45, 7) is 2.98. The molecule has 9 heteroatoms. The third kappa shape index (κ3) is 6.65. The molecule has 0 aliphatic carbocycles. The Kier molecular flexibility index (Phi) is 8.86. The summed E-state index contributed by atoms with van der Waals surface area (Å²) in [6.07, 6.45) is 2.54. The highest BCUT2D eigenvalue weighted by Gasteiger charge is 2.31. The Morgan fingerprint density at radius 2 is 2.00 bits per heavy atom. The van der Waals surface area contributed by atoms with Crippen LogP contribution in [0, 0.1) is 6.92 Å². The van der Waals surface area contributed by atoms with Crippen molar-refractivity contribution in [3.63, 3.8) is 0 Å². The van der Waals surface area contributed by atoms with Crippen LogP contribution in [-0.2, 0) is 14.3 Å². The van der Waals surface area contributed by atoms with Crippen LogP contribution < -0.4 is 10.1 Å². The van der Waals surface area contributed by atoms with Crippen molar-refractivity contribution < 1.29 is 19.1 Å². The van der Waals surface area contributed by atoms with Gasteiger partial charge in [0.25, 0.3) is 11.8 Å². The molecule has 6 nitrogen and oxygen atoms in total. The number of hydrogen-bond donors (Lipinski definition) is 1. The van der Waals surface area contributed by atoms with Crippen LogP contribution in [0.2, 0.25) is 0 Å². The second-order valence-corrected chi connectivity index (χ2v) is 9.58. The second-order valence-electron chi connectivity index (χ2n) is 7.05. The maximum Gasteiger partial charge on any atom is 0.266 e. The lowest BCUT2D eigenvalue weighted by atomic mass is 10.2. The second kappa shape index (κ2) is 11.6. The lowest BCUT2D eigenvalue weighted by Crippen LogP contribution is -2.29. The number of thioether (sulfide) groups is 1. The van der Waals surface area contributed by atoms with E-state index in [2.05, 4.69) is 21.2 Å². The van der Waals surface area contributed by atoms with Gasteiger partial charge in [-0.05, 0) is 60.9 Å². The maximum absolute atomic E-state index is 12.6. The number of thiocarbonyl (C=S) groups is 1. The molecule has 1 aliphatic heterocycles. The number of aryl methyl sites for hydroxylation is 1. The van der Waals surface area contributed by atoms with Crippen molar-refractivity contribution in [1.29, 1.82) is 0 Å². The van der Waals surface area contributed by atoms with Crippen molar-refractivity contribution in [3.8, 4) is 5.75 Å². The number of nitrogens with one attached hydrogen (secondary N) is 1. The first-order valence-electron chi connectivity index (χ1n) is 9.90. The summed E-state index contributed by atoms with van der Waals surface area (Å²) in [5, 5.41) is 2.81. The molecule has 2 amide bonds. The number of carbonyl (C=O) groups excluding carboxylic acids is 2. The number of amides is 2. The van der Waals surface area contributed by atoms with Crippen LogP contribution >= 0.6 is 39.9 Å². The first-order valence-corrected chi connectivity index (χ1v) is 11.9. The van der Waals surface area contributed by atoms with Crippen LogP contribution in [0.25, 0.3) is 6.08 Å². The Labute approximate surface area is 205 Å². The molecule has 0 bridgehead atoms. The standard InChI is InChI=1S/C23H23BrN2O4S2/c1-15-12-17(6-9-19(15)24)25-21(27)14-30-18-7-4-16(5-8-18)13-20-22(28)26(23(31)32-20)10-3-11-29-2/h4-9,12-13H,3,10-11,14H2,1-2H3,(H,25,27)/b20-13-. The average Bonchev–Trinajstić information content (AvgIpc) is 3.03. The van der Waals surface area contributed by atoms with E-state index in [1.807, 2.05) is 43.3 Å². The highest BCUT2D eigenvalue weighted by molar-refractivity contribution is 9.10. The highest BCUT2D eigenvalue weighted by atomic mass is 79.9. The SMILES string of the molecule is COCCCN1C(=O)/C(=C/c2ccc(OCC(=O)Nc3ccc(Br)c(C)c3)cc2)SC1=S. The fraction of sp³-hybridized carbons (Fsp3) is 0.261. The van der Waals surface area contributed by atoms with E-state index >= 15 is 0 Å². The smallest absolute Gasteiger partial charge is 0.266 e. The summed E-state index contributed by atoms with van der Waals surface area (Å²) in [5.41, 5.74) is 2.60. The van der Waals surface area contributed by atoms with E-state index in [4.69, 9.17) is 21.7 Å². The van der Waals surface area contributed by atoms with E-state index < -0.39 is 0 Å². The van der Waals surface area contributed by atoms with Crippen LogP contribution in [0.15, 0.2) is 51.8 Å². The van der Waals surface area contributed by atoms with Crippen LogP contribution in [0.3, 0.4) is 0 Å². The van der Waals surface area contributed by atoms with E-state index in [-0.39, 0.29) is 18.4 Å². The molecular weight excluding hydrogens is 512 g/mol. The molecule has 168 valence electrons. The van der Waals surface area contributed by atoms with E-state index in [1.54, 1.807) is 24.1 Å². The van der Waals surface area contributed by atoms with E-state index in [1.165, 1.54) is 11.8 Å². The average molecular weight is 535 g/mol. The van der Waals surface area contributed by atoms with Gasteiger partial charge in [0.2, 0.25) is 0 Å². The summed E-state index contributed by atoms with van der Waals surface area (Å²) in [6, 6.07) is 12.8. The summed E-state index contributed by atoms with van der Waals surface area (Å²) >= 11 is 10.1. The van der Waals surface area contributed by atoms with Gasteiger partial charge >= 0.3 is 0 Å². The topological polar surface area (TPSA) is 67.9 Å². The van der Waals surface area contributed by atoms with Gasteiger partial charge in [-0.2, -0.15) is 0 Å². The van der Waals surface area contributed by atoms with E-state index in [9.17, 15) is 9.59 Å². The van der Waals surface area contributed by atoms with Gasteiger partial charge in [0.05, 0.1) is 4.91 Å². The first-order chi connectivity index (χ1) is 15.4. The summed E-state index contributed by atoms with van der Waals surface area (Å²) in [7, 11) is 1.63. The number of benzene rings is 2.